The van der Waals surface area contributed by atoms with E-state index in [0.717, 1.165) is 5.56 Å². The fourth-order valence-electron chi connectivity index (χ4n) is 1.56. The third-order valence-corrected chi connectivity index (χ3v) is 4.11. The van der Waals surface area contributed by atoms with Crippen molar-refractivity contribution in [2.75, 3.05) is 11.8 Å². The molecule has 1 aromatic rings. The van der Waals surface area contributed by atoms with E-state index in [2.05, 4.69) is 5.32 Å². The van der Waals surface area contributed by atoms with E-state index < -0.39 is 5.54 Å². The van der Waals surface area contributed by atoms with Crippen molar-refractivity contribution in [1.29, 1.82) is 0 Å². The number of benzene rings is 1. The molecule has 0 bridgehead atoms. The number of alkyl halides is 2. The fraction of sp³-hybridized carbons (Fsp3) is 0.462. The first-order valence-corrected chi connectivity index (χ1v) is 7.12. The van der Waals surface area contributed by atoms with Gasteiger partial charge in [-0.05, 0) is 37.1 Å². The summed E-state index contributed by atoms with van der Waals surface area (Å²) < 4.78 is 0. The zero-order chi connectivity index (χ0) is 13.8. The van der Waals surface area contributed by atoms with E-state index in [-0.39, 0.29) is 17.7 Å². The summed E-state index contributed by atoms with van der Waals surface area (Å²) in [6.07, 6.45) is 0.672. The summed E-state index contributed by atoms with van der Waals surface area (Å²) in [7, 11) is 0. The number of halogens is 3. The van der Waals surface area contributed by atoms with Crippen molar-refractivity contribution in [2.45, 2.75) is 25.8 Å². The van der Waals surface area contributed by atoms with Crippen molar-refractivity contribution in [3.63, 3.8) is 0 Å². The van der Waals surface area contributed by atoms with Crippen LogP contribution in [-0.2, 0) is 0 Å². The monoisotopic (exact) mass is 307 g/mol. The second-order valence-electron chi connectivity index (χ2n) is 4.37. The van der Waals surface area contributed by atoms with Gasteiger partial charge in [0.05, 0.1) is 5.54 Å². The molecule has 0 atom stereocenters. The van der Waals surface area contributed by atoms with Crippen LogP contribution in [0.4, 0.5) is 0 Å². The van der Waals surface area contributed by atoms with Gasteiger partial charge in [-0.25, -0.2) is 0 Å². The van der Waals surface area contributed by atoms with Gasteiger partial charge in [-0.15, -0.1) is 23.2 Å². The second kappa shape index (κ2) is 6.65. The summed E-state index contributed by atoms with van der Waals surface area (Å²) in [5, 5.41) is 3.43. The number of nitrogens with one attached hydrogen (secondary N) is 1. The van der Waals surface area contributed by atoms with E-state index in [4.69, 9.17) is 34.8 Å². The highest BCUT2D eigenvalue weighted by atomic mass is 35.5. The highest BCUT2D eigenvalue weighted by Gasteiger charge is 2.28. The van der Waals surface area contributed by atoms with E-state index in [1.165, 1.54) is 0 Å². The molecule has 0 heterocycles. The highest BCUT2D eigenvalue weighted by Crippen LogP contribution is 2.18. The molecule has 0 aliphatic heterocycles. The third kappa shape index (κ3) is 3.78. The quantitative estimate of drug-likeness (QED) is 0.818. The molecule has 1 N–H and O–H groups in total. The van der Waals surface area contributed by atoms with E-state index in [1.54, 1.807) is 18.2 Å². The minimum absolute atomic E-state index is 0.205. The summed E-state index contributed by atoms with van der Waals surface area (Å²) in [5.41, 5.74) is 0.885. The average molecular weight is 309 g/mol. The summed E-state index contributed by atoms with van der Waals surface area (Å²) in [6.45, 7) is 3.83. The van der Waals surface area contributed by atoms with Crippen molar-refractivity contribution in [3.8, 4) is 0 Å². The van der Waals surface area contributed by atoms with Crippen LogP contribution in [0.3, 0.4) is 0 Å². The fourth-order valence-corrected chi connectivity index (χ4v) is 2.65. The summed E-state index contributed by atoms with van der Waals surface area (Å²) in [6, 6.07) is 5.21. The topological polar surface area (TPSA) is 29.1 Å². The van der Waals surface area contributed by atoms with Crippen LogP contribution in [0.1, 0.15) is 29.3 Å². The average Bonchev–Trinajstić information content (AvgIpc) is 2.35. The van der Waals surface area contributed by atoms with Crippen LogP contribution >= 0.6 is 34.8 Å². The molecule has 0 radical (unpaired) electrons. The minimum Gasteiger partial charge on any atom is -0.344 e. The van der Waals surface area contributed by atoms with Crippen LogP contribution in [0, 0.1) is 6.92 Å². The lowest BCUT2D eigenvalue weighted by Gasteiger charge is -2.29. The molecule has 1 rings (SSSR count). The smallest absolute Gasteiger partial charge is 0.251 e. The Kier molecular flexibility index (Phi) is 5.77. The molecular weight excluding hydrogens is 293 g/mol. The van der Waals surface area contributed by atoms with Crippen LogP contribution in [0.15, 0.2) is 18.2 Å². The Morgan fingerprint density at radius 1 is 1.28 bits per heavy atom. The molecule has 0 aromatic heterocycles. The van der Waals surface area contributed by atoms with Crippen molar-refractivity contribution in [1.82, 2.24) is 5.32 Å². The molecule has 5 heteroatoms. The molecule has 0 aliphatic rings. The molecular formula is C13H16Cl3NO. The second-order valence-corrected chi connectivity index (χ2v) is 5.34. The maximum absolute atomic E-state index is 12.2. The van der Waals surface area contributed by atoms with Gasteiger partial charge in [0.25, 0.3) is 5.91 Å². The number of carbonyl (C=O) groups is 1. The van der Waals surface area contributed by atoms with Gasteiger partial charge < -0.3 is 5.32 Å². The number of aryl methyl sites for hydroxylation is 1. The summed E-state index contributed by atoms with van der Waals surface area (Å²) >= 11 is 17.7. The molecule has 0 spiro atoms. The number of amides is 1. The van der Waals surface area contributed by atoms with Crippen LogP contribution < -0.4 is 5.32 Å². The van der Waals surface area contributed by atoms with Crippen LogP contribution in [0.2, 0.25) is 5.02 Å². The van der Waals surface area contributed by atoms with Gasteiger partial charge in [-0.1, -0.05) is 18.5 Å². The molecule has 1 aromatic carbocycles. The number of hydrogen-bond acceptors (Lipinski definition) is 1. The number of rotatable bonds is 5. The highest BCUT2D eigenvalue weighted by molar-refractivity contribution is 6.31. The number of carbonyl (C=O) groups excluding carboxylic acids is 1. The SMILES string of the molecule is CCC(CCl)(CCl)NC(=O)c1cc(C)cc(Cl)c1. The zero-order valence-electron chi connectivity index (χ0n) is 10.4. The molecule has 1 amide bonds. The van der Waals surface area contributed by atoms with Gasteiger partial charge in [-0.2, -0.15) is 0 Å². The van der Waals surface area contributed by atoms with E-state index in [0.29, 0.717) is 17.0 Å². The van der Waals surface area contributed by atoms with Crippen molar-refractivity contribution < 1.29 is 4.79 Å². The molecule has 0 aliphatic carbocycles. The molecule has 0 saturated heterocycles. The molecule has 18 heavy (non-hydrogen) atoms. The maximum Gasteiger partial charge on any atom is 0.251 e. The lowest BCUT2D eigenvalue weighted by atomic mass is 10.0. The lowest BCUT2D eigenvalue weighted by molar-refractivity contribution is 0.0913. The standard InChI is InChI=1S/C13H16Cl3NO/c1-3-13(7-14,8-15)17-12(18)10-4-9(2)5-11(16)6-10/h4-6H,3,7-8H2,1-2H3,(H,17,18). The third-order valence-electron chi connectivity index (χ3n) is 2.87. The Morgan fingerprint density at radius 2 is 1.89 bits per heavy atom. The van der Waals surface area contributed by atoms with Crippen LogP contribution in [-0.4, -0.2) is 23.2 Å². The Morgan fingerprint density at radius 3 is 2.33 bits per heavy atom. The predicted molar refractivity (Wildman–Crippen MR) is 78.1 cm³/mol. The maximum atomic E-state index is 12.2. The van der Waals surface area contributed by atoms with Gasteiger partial charge >= 0.3 is 0 Å². The normalized spacial score (nSPS) is 11.4. The Hall–Kier alpha value is -0.440. The van der Waals surface area contributed by atoms with Crippen molar-refractivity contribution in [2.24, 2.45) is 0 Å². The zero-order valence-corrected chi connectivity index (χ0v) is 12.7. The summed E-state index contributed by atoms with van der Waals surface area (Å²) in [5.74, 6) is 0.347. The Labute approximate surface area is 123 Å². The lowest BCUT2D eigenvalue weighted by Crippen LogP contribution is -2.51. The Bertz CT molecular complexity index is 402. The van der Waals surface area contributed by atoms with Crippen molar-refractivity contribution in [3.05, 3.63) is 34.3 Å². The molecule has 100 valence electrons. The van der Waals surface area contributed by atoms with E-state index >= 15 is 0 Å². The first-order valence-electron chi connectivity index (χ1n) is 5.68. The molecule has 0 fully saturated rings. The van der Waals surface area contributed by atoms with Gasteiger partial charge in [0.15, 0.2) is 0 Å². The van der Waals surface area contributed by atoms with Crippen LogP contribution in [0.25, 0.3) is 0 Å². The largest absolute Gasteiger partial charge is 0.344 e. The van der Waals surface area contributed by atoms with Gasteiger partial charge in [-0.3, -0.25) is 4.79 Å². The minimum atomic E-state index is -0.573. The van der Waals surface area contributed by atoms with E-state index in [1.807, 2.05) is 13.8 Å². The predicted octanol–water partition coefficient (Wildman–Crippen LogP) is 4.00. The van der Waals surface area contributed by atoms with E-state index in [9.17, 15) is 4.79 Å². The first kappa shape index (κ1) is 15.6. The molecule has 0 unspecified atom stereocenters. The van der Waals surface area contributed by atoms with Gasteiger partial charge in [0.1, 0.15) is 0 Å². The molecule has 2 nitrogen and oxygen atoms in total. The first-order chi connectivity index (χ1) is 8.46. The molecule has 0 saturated carbocycles. The van der Waals surface area contributed by atoms with Gasteiger partial charge in [0.2, 0.25) is 0 Å². The Balaban J connectivity index is 2.94. The van der Waals surface area contributed by atoms with Crippen LogP contribution in [0.5, 0.6) is 0 Å². The van der Waals surface area contributed by atoms with Gasteiger partial charge in [0, 0.05) is 22.3 Å². The number of hydrogen-bond donors (Lipinski definition) is 1. The van der Waals surface area contributed by atoms with Crippen molar-refractivity contribution >= 4 is 40.7 Å². The summed E-state index contributed by atoms with van der Waals surface area (Å²) in [4.78, 5) is 12.2.